The van der Waals surface area contributed by atoms with Gasteiger partial charge < -0.3 is 4.74 Å². The lowest BCUT2D eigenvalue weighted by molar-refractivity contribution is 0.301. The molecule has 1 aromatic rings. The van der Waals surface area contributed by atoms with Gasteiger partial charge in [-0.1, -0.05) is 59.6 Å². The molecule has 0 unspecified atom stereocenters. The summed E-state index contributed by atoms with van der Waals surface area (Å²) >= 11 is 0. The van der Waals surface area contributed by atoms with Crippen molar-refractivity contribution in [1.29, 1.82) is 0 Å². The van der Waals surface area contributed by atoms with E-state index in [0.29, 0.717) is 0 Å². The lowest BCUT2D eigenvalue weighted by Crippen LogP contribution is -2.14. The Morgan fingerprint density at radius 2 is 1.78 bits per heavy atom. The minimum Gasteiger partial charge on any atom is -0.493 e. The summed E-state index contributed by atoms with van der Waals surface area (Å²) in [5.41, 5.74) is 2.85. The summed E-state index contributed by atoms with van der Waals surface area (Å²) in [7, 11) is 0. The van der Waals surface area contributed by atoms with Crippen LogP contribution in [0.5, 0.6) is 5.75 Å². The zero-order valence-electron chi connectivity index (χ0n) is 12.7. The summed E-state index contributed by atoms with van der Waals surface area (Å²) in [6, 6.07) is 6.72. The SMILES string of the molecule is CCCCOc1cc(CCC)ccc1C(C)(C)C. The predicted molar refractivity (Wildman–Crippen MR) is 79.5 cm³/mol. The van der Waals surface area contributed by atoms with Crippen LogP contribution in [0.25, 0.3) is 0 Å². The van der Waals surface area contributed by atoms with Gasteiger partial charge >= 0.3 is 0 Å². The Morgan fingerprint density at radius 3 is 2.33 bits per heavy atom. The van der Waals surface area contributed by atoms with Gasteiger partial charge in [0.25, 0.3) is 0 Å². The molecule has 0 amide bonds. The molecule has 0 aliphatic rings. The van der Waals surface area contributed by atoms with E-state index in [0.717, 1.165) is 25.2 Å². The molecule has 1 rings (SSSR count). The second-order valence-electron chi connectivity index (χ2n) is 6.03. The van der Waals surface area contributed by atoms with Crippen molar-refractivity contribution < 1.29 is 4.74 Å². The fraction of sp³-hybridized carbons (Fsp3) is 0.647. The van der Waals surface area contributed by atoms with Gasteiger partial charge in [0.05, 0.1) is 6.61 Å². The topological polar surface area (TPSA) is 9.23 Å². The Hall–Kier alpha value is -0.980. The average Bonchev–Trinajstić information content (AvgIpc) is 2.28. The standard InChI is InChI=1S/C17H28O/c1-6-8-12-18-16-13-14(9-7-2)10-11-15(16)17(3,4)5/h10-11,13H,6-9,12H2,1-5H3. The van der Waals surface area contributed by atoms with Gasteiger partial charge in [-0.3, -0.25) is 0 Å². The highest BCUT2D eigenvalue weighted by Gasteiger charge is 2.19. The molecule has 0 aliphatic carbocycles. The monoisotopic (exact) mass is 248 g/mol. The predicted octanol–water partition coefficient (Wildman–Crippen LogP) is 5.12. The fourth-order valence-electron chi connectivity index (χ4n) is 2.08. The van der Waals surface area contributed by atoms with Crippen LogP contribution in [0.2, 0.25) is 0 Å². The number of aryl methyl sites for hydroxylation is 1. The van der Waals surface area contributed by atoms with E-state index < -0.39 is 0 Å². The second-order valence-corrected chi connectivity index (χ2v) is 6.03. The fourth-order valence-corrected chi connectivity index (χ4v) is 2.08. The highest BCUT2D eigenvalue weighted by Crippen LogP contribution is 2.32. The summed E-state index contributed by atoms with van der Waals surface area (Å²) in [5, 5.41) is 0. The molecule has 0 radical (unpaired) electrons. The smallest absolute Gasteiger partial charge is 0.123 e. The zero-order chi connectivity index (χ0) is 13.6. The van der Waals surface area contributed by atoms with Crippen molar-refractivity contribution in [2.45, 2.75) is 65.7 Å². The van der Waals surface area contributed by atoms with E-state index in [9.17, 15) is 0 Å². The van der Waals surface area contributed by atoms with Gasteiger partial charge in [0.1, 0.15) is 5.75 Å². The first kappa shape index (κ1) is 15.1. The van der Waals surface area contributed by atoms with Crippen LogP contribution in [0.1, 0.15) is 65.0 Å². The van der Waals surface area contributed by atoms with E-state index in [1.165, 1.54) is 24.0 Å². The van der Waals surface area contributed by atoms with Gasteiger partial charge in [0.2, 0.25) is 0 Å². The molecule has 0 saturated carbocycles. The largest absolute Gasteiger partial charge is 0.493 e. The molecule has 0 fully saturated rings. The summed E-state index contributed by atoms with van der Waals surface area (Å²) in [5.74, 6) is 1.09. The Morgan fingerprint density at radius 1 is 1.06 bits per heavy atom. The maximum atomic E-state index is 5.99. The summed E-state index contributed by atoms with van der Waals surface area (Å²) in [6.45, 7) is 12.0. The van der Waals surface area contributed by atoms with E-state index in [1.54, 1.807) is 0 Å². The molecule has 0 aliphatic heterocycles. The maximum Gasteiger partial charge on any atom is 0.123 e. The van der Waals surface area contributed by atoms with Gasteiger partial charge in [-0.25, -0.2) is 0 Å². The van der Waals surface area contributed by atoms with Crippen molar-refractivity contribution >= 4 is 0 Å². The molecule has 0 N–H and O–H groups in total. The first-order valence-electron chi connectivity index (χ1n) is 7.25. The quantitative estimate of drug-likeness (QED) is 0.635. The van der Waals surface area contributed by atoms with Crippen molar-refractivity contribution in [3.63, 3.8) is 0 Å². The number of hydrogen-bond donors (Lipinski definition) is 0. The highest BCUT2D eigenvalue weighted by atomic mass is 16.5. The lowest BCUT2D eigenvalue weighted by Gasteiger charge is -2.23. The molecule has 0 atom stereocenters. The molecule has 1 heteroatoms. The van der Waals surface area contributed by atoms with Crippen LogP contribution in [-0.2, 0) is 11.8 Å². The average molecular weight is 248 g/mol. The molecule has 0 aromatic heterocycles. The molecular weight excluding hydrogens is 220 g/mol. The number of rotatable bonds is 6. The van der Waals surface area contributed by atoms with E-state index in [4.69, 9.17) is 4.74 Å². The molecule has 0 spiro atoms. The number of unbranched alkanes of at least 4 members (excludes halogenated alkanes) is 1. The van der Waals surface area contributed by atoms with Crippen LogP contribution in [-0.4, -0.2) is 6.61 Å². The molecule has 0 saturated heterocycles. The van der Waals surface area contributed by atoms with Crippen LogP contribution >= 0.6 is 0 Å². The number of ether oxygens (including phenoxy) is 1. The second kappa shape index (κ2) is 6.82. The molecule has 102 valence electrons. The van der Waals surface area contributed by atoms with E-state index in [2.05, 4.69) is 52.8 Å². The molecule has 0 bridgehead atoms. The first-order chi connectivity index (χ1) is 8.49. The third-order valence-corrected chi connectivity index (χ3v) is 3.15. The van der Waals surface area contributed by atoms with Crippen molar-refractivity contribution in [1.82, 2.24) is 0 Å². The minimum atomic E-state index is 0.145. The number of benzene rings is 1. The third kappa shape index (κ3) is 4.36. The van der Waals surface area contributed by atoms with Gasteiger partial charge in [-0.15, -0.1) is 0 Å². The van der Waals surface area contributed by atoms with Crippen LogP contribution in [0.4, 0.5) is 0 Å². The molecule has 1 aromatic carbocycles. The summed E-state index contributed by atoms with van der Waals surface area (Å²) in [4.78, 5) is 0. The Bertz CT molecular complexity index is 360. The third-order valence-electron chi connectivity index (χ3n) is 3.15. The molecular formula is C17H28O. The maximum absolute atomic E-state index is 5.99. The van der Waals surface area contributed by atoms with Gasteiger partial charge in [0.15, 0.2) is 0 Å². The Labute approximate surface area is 113 Å². The Kier molecular flexibility index (Phi) is 5.71. The van der Waals surface area contributed by atoms with Crippen molar-refractivity contribution in [2.24, 2.45) is 0 Å². The van der Waals surface area contributed by atoms with Crippen molar-refractivity contribution in [3.05, 3.63) is 29.3 Å². The molecule has 0 heterocycles. The molecule has 1 nitrogen and oxygen atoms in total. The van der Waals surface area contributed by atoms with Crippen LogP contribution in [0, 0.1) is 0 Å². The van der Waals surface area contributed by atoms with Crippen LogP contribution < -0.4 is 4.74 Å². The van der Waals surface area contributed by atoms with Gasteiger partial charge in [-0.2, -0.15) is 0 Å². The van der Waals surface area contributed by atoms with Crippen molar-refractivity contribution in [3.8, 4) is 5.75 Å². The summed E-state index contributed by atoms with van der Waals surface area (Å²) < 4.78 is 5.99. The zero-order valence-corrected chi connectivity index (χ0v) is 12.7. The minimum absolute atomic E-state index is 0.145. The molecule has 18 heavy (non-hydrogen) atoms. The highest BCUT2D eigenvalue weighted by molar-refractivity contribution is 5.41. The normalized spacial score (nSPS) is 11.6. The summed E-state index contributed by atoms with van der Waals surface area (Å²) in [6.07, 6.45) is 4.62. The van der Waals surface area contributed by atoms with Crippen LogP contribution in [0.3, 0.4) is 0 Å². The van der Waals surface area contributed by atoms with E-state index in [-0.39, 0.29) is 5.41 Å². The lowest BCUT2D eigenvalue weighted by atomic mass is 9.85. The van der Waals surface area contributed by atoms with Crippen LogP contribution in [0.15, 0.2) is 18.2 Å². The van der Waals surface area contributed by atoms with Gasteiger partial charge in [-0.05, 0) is 35.4 Å². The van der Waals surface area contributed by atoms with E-state index in [1.807, 2.05) is 0 Å². The van der Waals surface area contributed by atoms with Gasteiger partial charge in [0, 0.05) is 0 Å². The number of hydrogen-bond acceptors (Lipinski definition) is 1. The Balaban J connectivity index is 2.94. The van der Waals surface area contributed by atoms with E-state index >= 15 is 0 Å². The van der Waals surface area contributed by atoms with Crippen molar-refractivity contribution in [2.75, 3.05) is 6.61 Å². The first-order valence-corrected chi connectivity index (χ1v) is 7.25.